The van der Waals surface area contributed by atoms with Crippen molar-refractivity contribution in [1.82, 2.24) is 10.2 Å². The summed E-state index contributed by atoms with van der Waals surface area (Å²) >= 11 is 0. The Labute approximate surface area is 130 Å². The highest BCUT2D eigenvalue weighted by Gasteiger charge is 2.38. The van der Waals surface area contributed by atoms with E-state index < -0.39 is 12.1 Å². The van der Waals surface area contributed by atoms with Crippen LogP contribution in [0.2, 0.25) is 0 Å². The summed E-state index contributed by atoms with van der Waals surface area (Å²) in [6.07, 6.45) is -2.27. The first kappa shape index (κ1) is 17.3. The maximum Gasteiger partial charge on any atom is 0.490 e. The number of hydrogen-bond acceptors (Lipinski definition) is 4. The molecular formula is C14H17F3N2O4. The van der Waals surface area contributed by atoms with Crippen LogP contribution in [0.1, 0.15) is 17.0 Å². The van der Waals surface area contributed by atoms with Crippen LogP contribution in [-0.4, -0.2) is 54.2 Å². The molecule has 0 radical (unpaired) electrons. The van der Waals surface area contributed by atoms with Crippen molar-refractivity contribution >= 4 is 11.9 Å². The van der Waals surface area contributed by atoms with Gasteiger partial charge in [-0.05, 0) is 43.5 Å². The van der Waals surface area contributed by atoms with E-state index in [4.69, 9.17) is 14.3 Å². The van der Waals surface area contributed by atoms with E-state index in [0.29, 0.717) is 17.6 Å². The van der Waals surface area contributed by atoms with Crippen LogP contribution in [0.3, 0.4) is 0 Å². The van der Waals surface area contributed by atoms with Gasteiger partial charge >= 0.3 is 12.1 Å². The number of nitrogens with zero attached hydrogens (tertiary/aromatic N) is 1. The Hall–Kier alpha value is -2.03. The van der Waals surface area contributed by atoms with Crippen molar-refractivity contribution in [2.24, 2.45) is 11.8 Å². The number of alkyl halides is 3. The van der Waals surface area contributed by atoms with E-state index in [9.17, 15) is 18.0 Å². The maximum absolute atomic E-state index is 12.1. The molecule has 0 saturated carbocycles. The molecule has 3 rings (SSSR count). The van der Waals surface area contributed by atoms with Crippen LogP contribution in [0, 0.1) is 11.8 Å². The third kappa shape index (κ3) is 4.72. The van der Waals surface area contributed by atoms with Gasteiger partial charge in [-0.1, -0.05) is 0 Å². The molecule has 128 valence electrons. The second kappa shape index (κ2) is 7.03. The van der Waals surface area contributed by atoms with E-state index >= 15 is 0 Å². The zero-order valence-electron chi connectivity index (χ0n) is 12.2. The number of amides is 1. The number of nitrogens with one attached hydrogen (secondary N) is 1. The highest BCUT2D eigenvalue weighted by Crippen LogP contribution is 2.25. The molecule has 3 heterocycles. The average molecular weight is 334 g/mol. The molecule has 1 amide bonds. The third-order valence-electron chi connectivity index (χ3n) is 3.75. The maximum atomic E-state index is 12.1. The fourth-order valence-corrected chi connectivity index (χ4v) is 2.83. The number of carboxylic acid groups (broad SMARTS) is 1. The molecule has 2 atom stereocenters. The molecule has 23 heavy (non-hydrogen) atoms. The van der Waals surface area contributed by atoms with Gasteiger partial charge in [-0.15, -0.1) is 0 Å². The van der Waals surface area contributed by atoms with Gasteiger partial charge in [-0.3, -0.25) is 4.79 Å². The van der Waals surface area contributed by atoms with E-state index in [0.717, 1.165) is 26.2 Å². The number of rotatable bonds is 1. The fraction of sp³-hybridized carbons (Fsp3) is 0.571. The number of carboxylic acids is 1. The van der Waals surface area contributed by atoms with E-state index in [-0.39, 0.29) is 5.91 Å². The Morgan fingerprint density at radius 3 is 2.26 bits per heavy atom. The number of carbonyl (C=O) groups excluding carboxylic acids is 1. The highest BCUT2D eigenvalue weighted by atomic mass is 19.4. The normalized spacial score (nSPS) is 23.7. The second-order valence-electron chi connectivity index (χ2n) is 5.62. The summed E-state index contributed by atoms with van der Waals surface area (Å²) in [4.78, 5) is 22.9. The molecule has 2 saturated heterocycles. The molecule has 6 nitrogen and oxygen atoms in total. The minimum Gasteiger partial charge on any atom is -0.475 e. The number of piperidine rings is 2. The van der Waals surface area contributed by atoms with Crippen LogP contribution in [0.5, 0.6) is 0 Å². The zero-order chi connectivity index (χ0) is 17.0. The molecule has 1 aromatic heterocycles. The Balaban J connectivity index is 0.000000236. The standard InChI is InChI=1S/C12H16N2O2.C2HF3O2/c15-12(11-2-1-3-16-11)14-7-9-4-10(8-14)6-13-5-9;3-2(4,5)1(6)7/h1-3,9-10,13H,4-8H2;(H,6,7). The number of aliphatic carboxylic acids is 1. The topological polar surface area (TPSA) is 82.8 Å². The minimum atomic E-state index is -5.08. The summed E-state index contributed by atoms with van der Waals surface area (Å²) in [7, 11) is 0. The molecule has 0 aliphatic carbocycles. The molecule has 2 unspecified atom stereocenters. The van der Waals surface area contributed by atoms with Crippen molar-refractivity contribution in [3.05, 3.63) is 24.2 Å². The predicted molar refractivity (Wildman–Crippen MR) is 72.8 cm³/mol. The molecule has 2 aliphatic rings. The second-order valence-corrected chi connectivity index (χ2v) is 5.62. The molecule has 0 aromatic carbocycles. The van der Waals surface area contributed by atoms with Crippen LogP contribution in [0.4, 0.5) is 13.2 Å². The summed E-state index contributed by atoms with van der Waals surface area (Å²) in [5, 5.41) is 10.5. The van der Waals surface area contributed by atoms with Crippen molar-refractivity contribution in [2.75, 3.05) is 26.2 Å². The van der Waals surface area contributed by atoms with E-state index in [1.807, 2.05) is 4.90 Å². The van der Waals surface area contributed by atoms with Gasteiger partial charge in [0.2, 0.25) is 0 Å². The lowest BCUT2D eigenvalue weighted by Crippen LogP contribution is -2.52. The monoisotopic (exact) mass is 334 g/mol. The van der Waals surface area contributed by atoms with Crippen molar-refractivity contribution < 1.29 is 32.3 Å². The largest absolute Gasteiger partial charge is 0.490 e. The Kier molecular flexibility index (Phi) is 5.30. The first-order valence-electron chi connectivity index (χ1n) is 7.11. The van der Waals surface area contributed by atoms with E-state index in [2.05, 4.69) is 5.32 Å². The van der Waals surface area contributed by atoms with Gasteiger partial charge in [-0.25, -0.2) is 4.79 Å². The van der Waals surface area contributed by atoms with Gasteiger partial charge in [-0.2, -0.15) is 13.2 Å². The number of hydrogen-bond donors (Lipinski definition) is 2. The highest BCUT2D eigenvalue weighted by molar-refractivity contribution is 5.91. The van der Waals surface area contributed by atoms with Crippen molar-refractivity contribution in [2.45, 2.75) is 12.6 Å². The van der Waals surface area contributed by atoms with Crippen LogP contribution in [0.15, 0.2) is 22.8 Å². The average Bonchev–Trinajstić information content (AvgIpc) is 2.99. The number of halogens is 3. The van der Waals surface area contributed by atoms with Crippen molar-refractivity contribution in [3.63, 3.8) is 0 Å². The van der Waals surface area contributed by atoms with Gasteiger partial charge in [0.15, 0.2) is 5.76 Å². The molecule has 9 heteroatoms. The molecular weight excluding hydrogens is 317 g/mol. The fourth-order valence-electron chi connectivity index (χ4n) is 2.83. The van der Waals surface area contributed by atoms with Crippen LogP contribution in [0.25, 0.3) is 0 Å². The molecule has 1 aromatic rings. The first-order chi connectivity index (χ1) is 10.8. The van der Waals surface area contributed by atoms with Crippen LogP contribution >= 0.6 is 0 Å². The number of fused-ring (bicyclic) bond motifs is 2. The van der Waals surface area contributed by atoms with Gasteiger partial charge in [0, 0.05) is 13.1 Å². The SMILES string of the molecule is O=C(O)C(F)(F)F.O=C(c1ccco1)N1CC2CNCC(C2)C1. The number of carbonyl (C=O) groups is 2. The lowest BCUT2D eigenvalue weighted by molar-refractivity contribution is -0.192. The van der Waals surface area contributed by atoms with Gasteiger partial charge in [0.05, 0.1) is 6.26 Å². The van der Waals surface area contributed by atoms with Crippen molar-refractivity contribution in [1.29, 1.82) is 0 Å². The summed E-state index contributed by atoms with van der Waals surface area (Å²) in [6.45, 7) is 3.81. The van der Waals surface area contributed by atoms with Gasteiger partial charge < -0.3 is 19.7 Å². The van der Waals surface area contributed by atoms with Crippen LogP contribution < -0.4 is 5.32 Å². The molecule has 2 fully saturated rings. The molecule has 2 N–H and O–H groups in total. The molecule has 0 spiro atoms. The minimum absolute atomic E-state index is 0.0431. The summed E-state index contributed by atoms with van der Waals surface area (Å²) in [6, 6.07) is 3.50. The smallest absolute Gasteiger partial charge is 0.475 e. The van der Waals surface area contributed by atoms with Gasteiger partial charge in [0.25, 0.3) is 5.91 Å². The van der Waals surface area contributed by atoms with E-state index in [1.54, 1.807) is 18.4 Å². The van der Waals surface area contributed by atoms with Crippen LogP contribution in [-0.2, 0) is 4.79 Å². The van der Waals surface area contributed by atoms with Gasteiger partial charge in [0.1, 0.15) is 0 Å². The Bertz CT molecular complexity index is 533. The molecule has 2 aliphatic heterocycles. The summed E-state index contributed by atoms with van der Waals surface area (Å²) in [5.41, 5.74) is 0. The number of furan rings is 1. The summed E-state index contributed by atoms with van der Waals surface area (Å²) in [5.74, 6) is -1.01. The Morgan fingerprint density at radius 2 is 1.83 bits per heavy atom. The van der Waals surface area contributed by atoms with Crippen molar-refractivity contribution in [3.8, 4) is 0 Å². The lowest BCUT2D eigenvalue weighted by atomic mass is 9.86. The zero-order valence-corrected chi connectivity index (χ0v) is 12.2. The Morgan fingerprint density at radius 1 is 1.26 bits per heavy atom. The predicted octanol–water partition coefficient (Wildman–Crippen LogP) is 1.59. The van der Waals surface area contributed by atoms with E-state index in [1.165, 1.54) is 6.42 Å². The third-order valence-corrected chi connectivity index (χ3v) is 3.75. The number of likely N-dealkylation sites (tertiary alicyclic amines) is 1. The quantitative estimate of drug-likeness (QED) is 0.815. The lowest BCUT2D eigenvalue weighted by Gasteiger charge is -2.41. The molecule has 2 bridgehead atoms. The first-order valence-corrected chi connectivity index (χ1v) is 7.11. The summed E-state index contributed by atoms with van der Waals surface area (Å²) < 4.78 is 36.9.